The number of benzene rings is 1. The van der Waals surface area contributed by atoms with Crippen LogP contribution in [-0.2, 0) is 6.54 Å². The Morgan fingerprint density at radius 2 is 2.00 bits per heavy atom. The minimum Gasteiger partial charge on any atom is -0.378 e. The maximum atomic E-state index is 6.39. The van der Waals surface area contributed by atoms with Crippen molar-refractivity contribution >= 4 is 28.2 Å². The molecule has 0 saturated carbocycles. The Bertz CT molecular complexity index is 782. The van der Waals surface area contributed by atoms with Gasteiger partial charge in [-0.15, -0.1) is 0 Å². The van der Waals surface area contributed by atoms with Crippen molar-refractivity contribution in [2.45, 2.75) is 20.4 Å². The van der Waals surface area contributed by atoms with E-state index in [4.69, 9.17) is 11.6 Å². The van der Waals surface area contributed by atoms with Crippen LogP contribution in [0.2, 0.25) is 5.02 Å². The number of halogens is 1. The lowest BCUT2D eigenvalue weighted by Crippen LogP contribution is -2.03. The third-order valence-corrected chi connectivity index (χ3v) is 3.75. The molecule has 3 rings (SSSR count). The second-order valence-electron chi connectivity index (χ2n) is 5.13. The van der Waals surface area contributed by atoms with Gasteiger partial charge >= 0.3 is 0 Å². The van der Waals surface area contributed by atoms with Crippen molar-refractivity contribution in [2.24, 2.45) is 0 Å². The second kappa shape index (κ2) is 5.70. The van der Waals surface area contributed by atoms with Gasteiger partial charge in [0.05, 0.1) is 28.5 Å². The molecule has 0 saturated heterocycles. The monoisotopic (exact) mass is 297 g/mol. The summed E-state index contributed by atoms with van der Waals surface area (Å²) in [5, 5.41) is 5.13. The lowest BCUT2D eigenvalue weighted by atomic mass is 10.1. The molecule has 2 heterocycles. The topological polar surface area (TPSA) is 37.8 Å². The van der Waals surface area contributed by atoms with Crippen LogP contribution in [0.25, 0.3) is 10.9 Å². The molecule has 1 aromatic carbocycles. The first-order chi connectivity index (χ1) is 10.1. The molecule has 0 unspecified atom stereocenters. The summed E-state index contributed by atoms with van der Waals surface area (Å²) in [5.41, 5.74) is 5.10. The van der Waals surface area contributed by atoms with E-state index >= 15 is 0 Å². The SMILES string of the molecule is Cc1ccc(CNc2c(Cl)cc(C)c3ncccc23)nc1. The first-order valence-electron chi connectivity index (χ1n) is 6.84. The van der Waals surface area contributed by atoms with E-state index in [1.807, 2.05) is 44.3 Å². The van der Waals surface area contributed by atoms with E-state index in [0.29, 0.717) is 11.6 Å². The summed E-state index contributed by atoms with van der Waals surface area (Å²) in [6.07, 6.45) is 3.67. The van der Waals surface area contributed by atoms with Gasteiger partial charge in [-0.1, -0.05) is 17.7 Å². The molecule has 1 N–H and O–H groups in total. The first kappa shape index (κ1) is 13.8. The number of rotatable bonds is 3. The van der Waals surface area contributed by atoms with Crippen molar-refractivity contribution in [3.05, 3.63) is 64.6 Å². The van der Waals surface area contributed by atoms with Gasteiger partial charge in [-0.25, -0.2) is 0 Å². The highest BCUT2D eigenvalue weighted by atomic mass is 35.5. The highest BCUT2D eigenvalue weighted by molar-refractivity contribution is 6.35. The first-order valence-corrected chi connectivity index (χ1v) is 7.22. The van der Waals surface area contributed by atoms with Crippen molar-refractivity contribution in [3.8, 4) is 0 Å². The zero-order valence-electron chi connectivity index (χ0n) is 12.0. The molecular formula is C17H16ClN3. The lowest BCUT2D eigenvalue weighted by molar-refractivity contribution is 1.04. The van der Waals surface area contributed by atoms with Crippen molar-refractivity contribution in [1.29, 1.82) is 0 Å². The molecule has 0 aliphatic heterocycles. The van der Waals surface area contributed by atoms with Crippen LogP contribution >= 0.6 is 11.6 Å². The van der Waals surface area contributed by atoms with E-state index in [-0.39, 0.29) is 0 Å². The fourth-order valence-corrected chi connectivity index (χ4v) is 2.67. The van der Waals surface area contributed by atoms with E-state index in [2.05, 4.69) is 21.4 Å². The van der Waals surface area contributed by atoms with Crippen LogP contribution in [0.15, 0.2) is 42.7 Å². The van der Waals surface area contributed by atoms with Crippen molar-refractivity contribution < 1.29 is 0 Å². The third-order valence-electron chi connectivity index (χ3n) is 3.45. The van der Waals surface area contributed by atoms with Crippen LogP contribution in [0, 0.1) is 13.8 Å². The summed E-state index contributed by atoms with van der Waals surface area (Å²) >= 11 is 6.39. The molecular weight excluding hydrogens is 282 g/mol. The van der Waals surface area contributed by atoms with Crippen LogP contribution in [0.1, 0.15) is 16.8 Å². The fourth-order valence-electron chi connectivity index (χ4n) is 2.34. The number of hydrogen-bond acceptors (Lipinski definition) is 3. The van der Waals surface area contributed by atoms with E-state index in [0.717, 1.165) is 33.4 Å². The fraction of sp³-hybridized carbons (Fsp3) is 0.176. The van der Waals surface area contributed by atoms with Gasteiger partial charge in [-0.2, -0.15) is 0 Å². The zero-order chi connectivity index (χ0) is 14.8. The maximum Gasteiger partial charge on any atom is 0.0752 e. The number of nitrogens with one attached hydrogen (secondary N) is 1. The molecule has 4 heteroatoms. The second-order valence-corrected chi connectivity index (χ2v) is 5.54. The van der Waals surface area contributed by atoms with Crippen molar-refractivity contribution in [3.63, 3.8) is 0 Å². The number of aromatic nitrogens is 2. The minimum atomic E-state index is 0.632. The molecule has 0 atom stereocenters. The Kier molecular flexibility index (Phi) is 3.76. The van der Waals surface area contributed by atoms with Gasteiger partial charge in [0.1, 0.15) is 0 Å². The Balaban J connectivity index is 1.95. The van der Waals surface area contributed by atoms with Crippen LogP contribution in [0.5, 0.6) is 0 Å². The van der Waals surface area contributed by atoms with E-state index in [1.165, 1.54) is 0 Å². The highest BCUT2D eigenvalue weighted by Gasteiger charge is 2.09. The van der Waals surface area contributed by atoms with Crippen molar-refractivity contribution in [2.75, 3.05) is 5.32 Å². The largest absolute Gasteiger partial charge is 0.378 e. The molecule has 0 aliphatic rings. The van der Waals surface area contributed by atoms with Crippen LogP contribution in [-0.4, -0.2) is 9.97 Å². The van der Waals surface area contributed by atoms with Crippen LogP contribution in [0.3, 0.4) is 0 Å². The Labute approximate surface area is 129 Å². The summed E-state index contributed by atoms with van der Waals surface area (Å²) in [6.45, 7) is 4.68. The molecule has 3 nitrogen and oxygen atoms in total. The summed E-state index contributed by atoms with van der Waals surface area (Å²) in [5.74, 6) is 0. The van der Waals surface area contributed by atoms with Gasteiger partial charge in [0.2, 0.25) is 0 Å². The molecule has 0 bridgehead atoms. The number of fused-ring (bicyclic) bond motifs is 1. The molecule has 0 radical (unpaired) electrons. The molecule has 106 valence electrons. The quantitative estimate of drug-likeness (QED) is 0.773. The molecule has 0 spiro atoms. The Morgan fingerprint density at radius 1 is 1.14 bits per heavy atom. The molecule has 21 heavy (non-hydrogen) atoms. The van der Waals surface area contributed by atoms with Crippen LogP contribution in [0.4, 0.5) is 5.69 Å². The van der Waals surface area contributed by atoms with Gasteiger partial charge in [-0.3, -0.25) is 9.97 Å². The van der Waals surface area contributed by atoms with E-state index in [1.54, 1.807) is 6.20 Å². The highest BCUT2D eigenvalue weighted by Crippen LogP contribution is 2.32. The van der Waals surface area contributed by atoms with E-state index in [9.17, 15) is 0 Å². The third kappa shape index (κ3) is 2.83. The maximum absolute atomic E-state index is 6.39. The average molecular weight is 298 g/mol. The number of pyridine rings is 2. The molecule has 0 amide bonds. The summed E-state index contributed by atoms with van der Waals surface area (Å²) in [7, 11) is 0. The number of hydrogen-bond donors (Lipinski definition) is 1. The smallest absolute Gasteiger partial charge is 0.0752 e. The Morgan fingerprint density at radius 3 is 2.76 bits per heavy atom. The lowest BCUT2D eigenvalue weighted by Gasteiger charge is -2.13. The number of nitrogens with zero attached hydrogens (tertiary/aromatic N) is 2. The van der Waals surface area contributed by atoms with E-state index < -0.39 is 0 Å². The van der Waals surface area contributed by atoms with Gasteiger partial charge in [0.25, 0.3) is 0 Å². The van der Waals surface area contributed by atoms with Gasteiger partial charge in [0.15, 0.2) is 0 Å². The van der Waals surface area contributed by atoms with Crippen molar-refractivity contribution in [1.82, 2.24) is 9.97 Å². The predicted octanol–water partition coefficient (Wildman–Crippen LogP) is 4.51. The molecule has 0 aliphatic carbocycles. The molecule has 3 aromatic rings. The molecule has 0 fully saturated rings. The number of anilines is 1. The van der Waals surface area contributed by atoms with Gasteiger partial charge in [0, 0.05) is 17.8 Å². The summed E-state index contributed by atoms with van der Waals surface area (Å²) < 4.78 is 0. The van der Waals surface area contributed by atoms with Gasteiger partial charge < -0.3 is 5.32 Å². The number of aryl methyl sites for hydroxylation is 2. The summed E-state index contributed by atoms with van der Waals surface area (Å²) in [6, 6.07) is 9.98. The van der Waals surface area contributed by atoms with Gasteiger partial charge in [-0.05, 0) is 49.2 Å². The average Bonchev–Trinajstić information content (AvgIpc) is 2.49. The predicted molar refractivity (Wildman–Crippen MR) is 87.8 cm³/mol. The minimum absolute atomic E-state index is 0.632. The standard InChI is InChI=1S/C17H16ClN3/c1-11-5-6-13(20-9-11)10-21-17-14-4-3-7-19-16(14)12(2)8-15(17)18/h3-9,21H,10H2,1-2H3. The summed E-state index contributed by atoms with van der Waals surface area (Å²) in [4.78, 5) is 8.83. The zero-order valence-corrected chi connectivity index (χ0v) is 12.8. The normalized spacial score (nSPS) is 10.8. The molecule has 2 aromatic heterocycles. The van der Waals surface area contributed by atoms with Crippen LogP contribution < -0.4 is 5.32 Å². The Hall–Kier alpha value is -2.13.